The van der Waals surface area contributed by atoms with E-state index in [1.54, 1.807) is 16.4 Å². The molecule has 128 valence electrons. The molecule has 0 aromatic carbocycles. The number of carbonyl (C=O) groups excluding carboxylic acids is 1. The van der Waals surface area contributed by atoms with Crippen molar-refractivity contribution in [3.63, 3.8) is 0 Å². The highest BCUT2D eigenvalue weighted by atomic mass is 32.2. The molecule has 0 radical (unpaired) electrons. The predicted molar refractivity (Wildman–Crippen MR) is 95.7 cm³/mol. The lowest BCUT2D eigenvalue weighted by Crippen LogP contribution is -2.24. The van der Waals surface area contributed by atoms with Crippen molar-refractivity contribution < 1.29 is 4.79 Å². The monoisotopic (exact) mass is 344 g/mol. The maximum atomic E-state index is 12.3. The topological polar surface area (TPSA) is 59.8 Å². The van der Waals surface area contributed by atoms with Crippen molar-refractivity contribution in [1.82, 2.24) is 20.1 Å². The molecule has 2 aromatic rings. The number of nitrogens with one attached hydrogen (secondary N) is 1. The van der Waals surface area contributed by atoms with E-state index < -0.39 is 0 Å². The smallest absolute Gasteiger partial charge is 0.224 e. The van der Waals surface area contributed by atoms with Gasteiger partial charge >= 0.3 is 0 Å². The summed E-state index contributed by atoms with van der Waals surface area (Å²) in [5, 5.41) is 8.23. The molecule has 0 bridgehead atoms. The first-order valence-electron chi connectivity index (χ1n) is 8.22. The van der Waals surface area contributed by atoms with E-state index in [1.807, 2.05) is 31.7 Å². The van der Waals surface area contributed by atoms with Crippen molar-refractivity contribution in [3.05, 3.63) is 41.9 Å². The molecule has 5 nitrogen and oxygen atoms in total. The van der Waals surface area contributed by atoms with Crippen LogP contribution in [0.3, 0.4) is 0 Å². The number of carbonyl (C=O) groups is 1. The predicted octanol–water partition coefficient (Wildman–Crippen LogP) is 3.13. The third-order valence-electron chi connectivity index (χ3n) is 3.96. The summed E-state index contributed by atoms with van der Waals surface area (Å²) in [7, 11) is 1.90. The van der Waals surface area contributed by atoms with E-state index in [4.69, 9.17) is 0 Å². The minimum atomic E-state index is 0.0828. The zero-order chi connectivity index (χ0) is 17.3. The van der Waals surface area contributed by atoms with Crippen LogP contribution in [-0.2, 0) is 18.4 Å². The van der Waals surface area contributed by atoms with Crippen LogP contribution in [0, 0.1) is 5.92 Å². The molecule has 1 aliphatic carbocycles. The highest BCUT2D eigenvalue weighted by Crippen LogP contribution is 2.47. The van der Waals surface area contributed by atoms with Crippen LogP contribution in [-0.4, -0.2) is 25.4 Å². The van der Waals surface area contributed by atoms with Crippen LogP contribution in [0.1, 0.15) is 44.2 Å². The van der Waals surface area contributed by atoms with Crippen molar-refractivity contribution >= 4 is 17.7 Å². The van der Waals surface area contributed by atoms with Gasteiger partial charge in [0, 0.05) is 36.7 Å². The van der Waals surface area contributed by atoms with Gasteiger partial charge in [0.2, 0.25) is 5.91 Å². The van der Waals surface area contributed by atoms with Crippen LogP contribution in [0.5, 0.6) is 0 Å². The summed E-state index contributed by atoms with van der Waals surface area (Å²) in [6.07, 6.45) is 6.58. The Balaban J connectivity index is 1.53. The molecule has 0 spiro atoms. The van der Waals surface area contributed by atoms with Crippen LogP contribution in [0.2, 0.25) is 0 Å². The minimum Gasteiger partial charge on any atom is -0.352 e. The molecule has 2 atom stereocenters. The molecule has 6 heteroatoms. The van der Waals surface area contributed by atoms with E-state index >= 15 is 0 Å². The van der Waals surface area contributed by atoms with E-state index in [1.165, 1.54) is 0 Å². The number of hydrogen-bond acceptors (Lipinski definition) is 4. The van der Waals surface area contributed by atoms with Gasteiger partial charge in [-0.2, -0.15) is 5.10 Å². The fourth-order valence-electron chi connectivity index (χ4n) is 2.73. The zero-order valence-electron chi connectivity index (χ0n) is 14.6. The second kappa shape index (κ2) is 6.59. The van der Waals surface area contributed by atoms with Gasteiger partial charge < -0.3 is 5.32 Å². The number of pyridine rings is 1. The summed E-state index contributed by atoms with van der Waals surface area (Å²) < 4.78 is 1.91. The van der Waals surface area contributed by atoms with Gasteiger partial charge in [0.05, 0.1) is 11.2 Å². The first kappa shape index (κ1) is 17.0. The molecule has 1 N–H and O–H groups in total. The van der Waals surface area contributed by atoms with E-state index in [-0.39, 0.29) is 16.6 Å². The Morgan fingerprint density at radius 3 is 2.92 bits per heavy atom. The Kier molecular flexibility index (Phi) is 4.67. The highest BCUT2D eigenvalue weighted by molar-refractivity contribution is 8.00. The zero-order valence-corrected chi connectivity index (χ0v) is 15.4. The number of nitrogens with zero attached hydrogens (tertiary/aromatic N) is 3. The maximum absolute atomic E-state index is 12.3. The molecule has 1 aliphatic rings. The summed E-state index contributed by atoms with van der Waals surface area (Å²) in [5.41, 5.74) is 2.24. The summed E-state index contributed by atoms with van der Waals surface area (Å²) in [6, 6.07) is 4.01. The summed E-state index contributed by atoms with van der Waals surface area (Å²) in [4.78, 5) is 16.7. The third-order valence-corrected chi connectivity index (χ3v) is 5.00. The van der Waals surface area contributed by atoms with Gasteiger partial charge in [-0.05, 0) is 35.6 Å². The number of amides is 1. The lowest BCUT2D eigenvalue weighted by atomic mass is 10.2. The fraction of sp³-hybridized carbons (Fsp3) is 0.500. The van der Waals surface area contributed by atoms with E-state index in [0.717, 1.165) is 22.6 Å². The van der Waals surface area contributed by atoms with Gasteiger partial charge in [0.1, 0.15) is 0 Å². The number of thioether (sulfide) groups is 1. The van der Waals surface area contributed by atoms with Gasteiger partial charge in [-0.15, -0.1) is 11.8 Å². The Morgan fingerprint density at radius 1 is 1.46 bits per heavy atom. The molecule has 1 saturated carbocycles. The standard InChI is InChI=1S/C18H24N4OS/c1-18(2,3)24-16-7-12(5-6-19-16)9-20-17(23)15-8-14(15)13-10-21-22(4)11-13/h5-7,10-11,14-15H,8-9H2,1-4H3,(H,20,23)/t14-,15+/m0/s1. The Labute approximate surface area is 147 Å². The Morgan fingerprint density at radius 2 is 2.25 bits per heavy atom. The Bertz CT molecular complexity index is 735. The summed E-state index contributed by atoms with van der Waals surface area (Å²) in [6.45, 7) is 7.05. The van der Waals surface area contributed by atoms with Crippen molar-refractivity contribution in [1.29, 1.82) is 0 Å². The molecule has 1 fully saturated rings. The quantitative estimate of drug-likeness (QED) is 0.847. The molecule has 0 unspecified atom stereocenters. The number of rotatable bonds is 5. The molecule has 2 heterocycles. The second-order valence-electron chi connectivity index (χ2n) is 7.33. The average molecular weight is 344 g/mol. The van der Waals surface area contributed by atoms with Gasteiger partial charge in [-0.25, -0.2) is 4.98 Å². The fourth-order valence-corrected chi connectivity index (χ4v) is 3.69. The minimum absolute atomic E-state index is 0.0828. The maximum Gasteiger partial charge on any atom is 0.224 e. The highest BCUT2D eigenvalue weighted by Gasteiger charge is 2.44. The Hall–Kier alpha value is -1.82. The van der Waals surface area contributed by atoms with Gasteiger partial charge in [-0.1, -0.05) is 20.8 Å². The molecular weight excluding hydrogens is 320 g/mol. The lowest BCUT2D eigenvalue weighted by molar-refractivity contribution is -0.122. The van der Waals surface area contributed by atoms with Crippen LogP contribution >= 0.6 is 11.8 Å². The van der Waals surface area contributed by atoms with Crippen LogP contribution < -0.4 is 5.32 Å². The molecular formula is C18H24N4OS. The van der Waals surface area contributed by atoms with Crippen molar-refractivity contribution in [2.45, 2.75) is 49.4 Å². The normalized spacial score (nSPS) is 20.0. The molecule has 3 rings (SSSR count). The number of hydrogen-bond donors (Lipinski definition) is 1. The average Bonchev–Trinajstić information content (AvgIpc) is 3.18. The summed E-state index contributed by atoms with van der Waals surface area (Å²) in [5.74, 6) is 0.535. The summed E-state index contributed by atoms with van der Waals surface area (Å²) >= 11 is 1.73. The van der Waals surface area contributed by atoms with Crippen molar-refractivity contribution in [2.24, 2.45) is 13.0 Å². The SMILES string of the molecule is Cn1cc([C@@H]2C[C@H]2C(=O)NCc2ccnc(SC(C)(C)C)c2)cn1. The van der Waals surface area contributed by atoms with Gasteiger partial charge in [0.15, 0.2) is 0 Å². The van der Waals surface area contributed by atoms with Crippen molar-refractivity contribution in [3.8, 4) is 0 Å². The van der Waals surface area contributed by atoms with Crippen LogP contribution in [0.15, 0.2) is 35.7 Å². The lowest BCUT2D eigenvalue weighted by Gasteiger charge is -2.17. The first-order valence-corrected chi connectivity index (χ1v) is 9.04. The first-order chi connectivity index (χ1) is 11.3. The molecule has 2 aromatic heterocycles. The molecule has 0 aliphatic heterocycles. The third kappa shape index (κ3) is 4.38. The number of aryl methyl sites for hydroxylation is 1. The second-order valence-corrected chi connectivity index (χ2v) is 9.18. The largest absolute Gasteiger partial charge is 0.352 e. The molecule has 24 heavy (non-hydrogen) atoms. The van der Waals surface area contributed by atoms with E-state index in [9.17, 15) is 4.79 Å². The van der Waals surface area contributed by atoms with E-state index in [2.05, 4.69) is 42.2 Å². The molecule has 1 amide bonds. The number of aromatic nitrogens is 3. The van der Waals surface area contributed by atoms with Crippen LogP contribution in [0.4, 0.5) is 0 Å². The van der Waals surface area contributed by atoms with Crippen LogP contribution in [0.25, 0.3) is 0 Å². The van der Waals surface area contributed by atoms with Gasteiger partial charge in [0.25, 0.3) is 0 Å². The van der Waals surface area contributed by atoms with Crippen molar-refractivity contribution in [2.75, 3.05) is 0 Å². The molecule has 0 saturated heterocycles. The van der Waals surface area contributed by atoms with E-state index in [0.29, 0.717) is 12.5 Å². The van der Waals surface area contributed by atoms with Gasteiger partial charge in [-0.3, -0.25) is 9.48 Å².